The number of aliphatic imine (C=N–C) groups is 1. The van der Waals surface area contributed by atoms with Crippen molar-refractivity contribution in [3.05, 3.63) is 76.7 Å². The van der Waals surface area contributed by atoms with Gasteiger partial charge >= 0.3 is 12.1 Å². The van der Waals surface area contributed by atoms with Gasteiger partial charge < -0.3 is 49.0 Å². The molecule has 1 amide bonds. The van der Waals surface area contributed by atoms with Crippen molar-refractivity contribution < 1.29 is 47.5 Å². The number of hydrogen-bond donors (Lipinski definition) is 2. The van der Waals surface area contributed by atoms with Gasteiger partial charge in [-0.05, 0) is 37.6 Å². The number of aryl methyl sites for hydroxylation is 1. The molecule has 5 rings (SSSR count). The Balaban J connectivity index is 0.00000370. The van der Waals surface area contributed by atoms with Gasteiger partial charge in [0, 0.05) is 4.88 Å². The number of para-hydroxylation sites is 2. The molecule has 0 saturated carbocycles. The number of hydrogen-bond acceptors (Lipinski definition) is 8. The molecule has 212 valence electrons. The first-order chi connectivity index (χ1) is 18.8. The van der Waals surface area contributed by atoms with E-state index in [1.54, 1.807) is 18.3 Å². The van der Waals surface area contributed by atoms with Crippen LogP contribution in [0.5, 0.6) is 0 Å². The van der Waals surface area contributed by atoms with Gasteiger partial charge in [0.25, 0.3) is 0 Å². The average molecular weight is 676 g/mol. The first-order valence-electron chi connectivity index (χ1n) is 13.1. The Morgan fingerprint density at radius 3 is 2.55 bits per heavy atom. The van der Waals surface area contributed by atoms with Gasteiger partial charge in [-0.15, -0.1) is 11.3 Å². The molecule has 11 heteroatoms. The normalized spacial score (nSPS) is 16.1. The number of esters is 1. The standard InChI is InChI=1S/C29H33N5O4S.HI/c1-20-17-23-26(31-24-11-7-8-12-25(24)32-27(23)39-20)33-13-15-34(3,16-14-33)19-38-29(36)30-21(2)28(35)37-18-22-9-5-4-6-10-22;/h4-12,17,21H,13-16,18-19H2,1-3H3,(H-,30,31,32,36);1H. The zero-order valence-electron chi connectivity index (χ0n) is 22.9. The van der Waals surface area contributed by atoms with Gasteiger partial charge in [0.15, 0.2) is 0 Å². The number of halogens is 1. The largest absolute Gasteiger partial charge is 1.00 e. The highest BCUT2D eigenvalue weighted by atomic mass is 127. The van der Waals surface area contributed by atoms with Crippen LogP contribution in [0.15, 0.2) is 65.7 Å². The monoisotopic (exact) mass is 675 g/mol. The SMILES string of the molecule is Cc1cc2c(s1)Nc1ccccc1N=C2N1CC[N+](C)(COC(=O)NC(C)C(=O)OCc2ccccc2)CC1.[I-]. The fourth-order valence-electron chi connectivity index (χ4n) is 4.62. The van der Waals surface area contributed by atoms with Crippen LogP contribution >= 0.6 is 11.3 Å². The Kier molecular flexibility index (Phi) is 9.69. The smallest absolute Gasteiger partial charge is 0.412 e. The lowest BCUT2D eigenvalue weighted by atomic mass is 10.2. The van der Waals surface area contributed by atoms with Crippen LogP contribution in [0.25, 0.3) is 0 Å². The number of amides is 1. The first-order valence-corrected chi connectivity index (χ1v) is 13.9. The molecule has 3 aromatic rings. The van der Waals surface area contributed by atoms with Crippen LogP contribution in [-0.4, -0.2) is 73.3 Å². The van der Waals surface area contributed by atoms with E-state index in [1.807, 2.05) is 48.5 Å². The van der Waals surface area contributed by atoms with Crippen LogP contribution in [0.2, 0.25) is 0 Å². The van der Waals surface area contributed by atoms with Gasteiger partial charge in [0.1, 0.15) is 23.5 Å². The third-order valence-electron chi connectivity index (χ3n) is 7.01. The van der Waals surface area contributed by atoms with Crippen LogP contribution in [-0.2, 0) is 20.9 Å². The first kappa shape index (κ1) is 29.8. The van der Waals surface area contributed by atoms with Gasteiger partial charge in [-0.2, -0.15) is 0 Å². The number of quaternary nitrogens is 1. The molecule has 1 atom stereocenters. The van der Waals surface area contributed by atoms with Crippen molar-refractivity contribution in [3.8, 4) is 0 Å². The van der Waals surface area contributed by atoms with E-state index in [9.17, 15) is 9.59 Å². The van der Waals surface area contributed by atoms with Crippen molar-refractivity contribution in [1.82, 2.24) is 10.2 Å². The van der Waals surface area contributed by atoms with Crippen molar-refractivity contribution in [2.45, 2.75) is 26.5 Å². The molecule has 1 fully saturated rings. The predicted octanol–water partition coefficient (Wildman–Crippen LogP) is 1.77. The van der Waals surface area contributed by atoms with Crippen molar-refractivity contribution in [2.24, 2.45) is 4.99 Å². The summed E-state index contributed by atoms with van der Waals surface area (Å²) in [7, 11) is 2.08. The second-order valence-electron chi connectivity index (χ2n) is 10.3. The molecule has 9 nitrogen and oxygen atoms in total. The van der Waals surface area contributed by atoms with E-state index in [-0.39, 0.29) is 37.3 Å². The highest BCUT2D eigenvalue weighted by Crippen LogP contribution is 2.39. The molecule has 0 aliphatic carbocycles. The number of anilines is 2. The van der Waals surface area contributed by atoms with Crippen LogP contribution in [0.4, 0.5) is 21.2 Å². The van der Waals surface area contributed by atoms with Gasteiger partial charge in [0.2, 0.25) is 6.73 Å². The molecule has 2 N–H and O–H groups in total. The van der Waals surface area contributed by atoms with E-state index in [2.05, 4.69) is 41.6 Å². The summed E-state index contributed by atoms with van der Waals surface area (Å²) in [6.07, 6.45) is -0.629. The third-order valence-corrected chi connectivity index (χ3v) is 7.98. The number of carbonyl (C=O) groups is 2. The van der Waals surface area contributed by atoms with Gasteiger partial charge in [-0.1, -0.05) is 42.5 Å². The average Bonchev–Trinajstić information content (AvgIpc) is 3.23. The Bertz CT molecular complexity index is 1370. The van der Waals surface area contributed by atoms with E-state index >= 15 is 0 Å². The molecule has 2 aliphatic heterocycles. The molecule has 0 spiro atoms. The second kappa shape index (κ2) is 13.0. The third kappa shape index (κ3) is 7.12. The van der Waals surface area contributed by atoms with E-state index in [0.29, 0.717) is 4.48 Å². The summed E-state index contributed by atoms with van der Waals surface area (Å²) in [6.45, 7) is 7.20. The molecule has 0 radical (unpaired) electrons. The number of piperazine rings is 1. The topological polar surface area (TPSA) is 92.3 Å². The second-order valence-corrected chi connectivity index (χ2v) is 11.5. The van der Waals surface area contributed by atoms with E-state index < -0.39 is 18.1 Å². The number of likely N-dealkylation sites (N-methyl/N-ethyl adjacent to an activating group) is 1. The summed E-state index contributed by atoms with van der Waals surface area (Å²) in [6, 6.07) is 18.9. The summed E-state index contributed by atoms with van der Waals surface area (Å²) in [5.74, 6) is 0.465. The number of carbonyl (C=O) groups excluding carboxylic acids is 2. The van der Waals surface area contributed by atoms with Crippen molar-refractivity contribution >= 4 is 45.6 Å². The van der Waals surface area contributed by atoms with Crippen molar-refractivity contribution in [3.63, 3.8) is 0 Å². The van der Waals surface area contributed by atoms with Gasteiger partial charge in [-0.3, -0.25) is 4.48 Å². The number of nitrogens with zero attached hydrogens (tertiary/aromatic N) is 3. The molecule has 1 aromatic heterocycles. The number of fused-ring (bicyclic) bond motifs is 2. The molecule has 40 heavy (non-hydrogen) atoms. The summed E-state index contributed by atoms with van der Waals surface area (Å²) >= 11 is 1.73. The Hall–Kier alpha value is -3.16. The summed E-state index contributed by atoms with van der Waals surface area (Å²) in [5, 5.41) is 7.25. The molecule has 1 saturated heterocycles. The van der Waals surface area contributed by atoms with E-state index in [1.165, 1.54) is 4.88 Å². The fourth-order valence-corrected chi connectivity index (χ4v) is 5.54. The molecule has 1 unspecified atom stereocenters. The van der Waals surface area contributed by atoms with Crippen LogP contribution in [0.1, 0.15) is 22.9 Å². The summed E-state index contributed by atoms with van der Waals surface area (Å²) in [5.41, 5.74) is 3.94. The minimum atomic E-state index is -0.809. The zero-order valence-corrected chi connectivity index (χ0v) is 25.8. The number of thiophene rings is 1. The van der Waals surface area contributed by atoms with Crippen molar-refractivity contribution in [2.75, 3.05) is 45.3 Å². The number of rotatable bonds is 6. The van der Waals surface area contributed by atoms with Gasteiger partial charge in [-0.25, -0.2) is 14.6 Å². The summed E-state index contributed by atoms with van der Waals surface area (Å²) < 4.78 is 11.4. The lowest BCUT2D eigenvalue weighted by Gasteiger charge is -2.42. The Labute approximate surface area is 255 Å². The predicted molar refractivity (Wildman–Crippen MR) is 153 cm³/mol. The van der Waals surface area contributed by atoms with Crippen molar-refractivity contribution in [1.29, 1.82) is 0 Å². The number of amidine groups is 1. The maximum absolute atomic E-state index is 12.4. The fraction of sp³-hybridized carbons (Fsp3) is 0.345. The summed E-state index contributed by atoms with van der Waals surface area (Å²) in [4.78, 5) is 33.3. The lowest BCUT2D eigenvalue weighted by molar-refractivity contribution is -0.928. The van der Waals surface area contributed by atoms with E-state index in [4.69, 9.17) is 14.5 Å². The van der Waals surface area contributed by atoms with Crippen LogP contribution in [0.3, 0.4) is 0 Å². The highest BCUT2D eigenvalue weighted by molar-refractivity contribution is 7.16. The number of alkyl carbamates (subject to hydrolysis) is 1. The molecule has 2 aromatic carbocycles. The van der Waals surface area contributed by atoms with Crippen LogP contribution in [0, 0.1) is 6.92 Å². The molecular formula is C29H34IN5O4S. The Morgan fingerprint density at radius 2 is 1.80 bits per heavy atom. The lowest BCUT2D eigenvalue weighted by Crippen LogP contribution is -3.00. The Morgan fingerprint density at radius 1 is 1.10 bits per heavy atom. The molecule has 3 heterocycles. The molecular weight excluding hydrogens is 641 g/mol. The number of ether oxygens (including phenoxy) is 2. The highest BCUT2D eigenvalue weighted by Gasteiger charge is 2.33. The quantitative estimate of drug-likeness (QED) is 0.235. The molecule has 0 bridgehead atoms. The minimum absolute atomic E-state index is 0. The maximum Gasteiger partial charge on any atom is 0.412 e. The number of benzene rings is 2. The minimum Gasteiger partial charge on any atom is -1.00 e. The maximum atomic E-state index is 12.4. The number of nitrogens with one attached hydrogen (secondary N) is 2. The van der Waals surface area contributed by atoms with E-state index in [0.717, 1.165) is 59.5 Å². The van der Waals surface area contributed by atoms with Crippen LogP contribution < -0.4 is 34.6 Å². The zero-order chi connectivity index (χ0) is 27.4. The molecule has 2 aliphatic rings. The van der Waals surface area contributed by atoms with Gasteiger partial charge in [0.05, 0.1) is 50.2 Å².